The van der Waals surface area contributed by atoms with Crippen molar-refractivity contribution in [2.24, 2.45) is 0 Å². The maximum absolute atomic E-state index is 5.48. The van der Waals surface area contributed by atoms with Gasteiger partial charge in [0.05, 0.1) is 13.2 Å². The molecule has 7 nitrogen and oxygen atoms in total. The summed E-state index contributed by atoms with van der Waals surface area (Å²) in [5, 5.41) is 2.92. The van der Waals surface area contributed by atoms with Gasteiger partial charge in [0.15, 0.2) is 0 Å². The summed E-state index contributed by atoms with van der Waals surface area (Å²) in [6.07, 6.45) is 0.914. The first-order valence-corrected chi connectivity index (χ1v) is 6.55. The quantitative estimate of drug-likeness (QED) is 0.721. The van der Waals surface area contributed by atoms with Crippen LogP contribution in [0.4, 0.5) is 11.9 Å². The molecule has 0 spiro atoms. The van der Waals surface area contributed by atoms with Gasteiger partial charge in [0.25, 0.3) is 0 Å². The van der Waals surface area contributed by atoms with Crippen molar-refractivity contribution in [1.82, 2.24) is 15.0 Å². The molecule has 0 bridgehead atoms. The van der Waals surface area contributed by atoms with E-state index in [9.17, 15) is 0 Å². The lowest BCUT2D eigenvalue weighted by Gasteiger charge is -2.20. The third-order valence-corrected chi connectivity index (χ3v) is 2.49. The van der Waals surface area contributed by atoms with Gasteiger partial charge < -0.3 is 19.7 Å². The predicted octanol–water partition coefficient (Wildman–Crippen LogP) is 1.17. The Morgan fingerprint density at radius 2 is 1.95 bits per heavy atom. The number of nitrogens with zero attached hydrogens (tertiary/aromatic N) is 4. The molecule has 0 amide bonds. The normalized spacial score (nSPS) is 10.3. The Labute approximate surface area is 114 Å². The second kappa shape index (κ2) is 8.47. The highest BCUT2D eigenvalue weighted by molar-refractivity contribution is 5.37. The molecule has 1 N–H and O–H groups in total. The summed E-state index contributed by atoms with van der Waals surface area (Å²) in [6.45, 7) is 6.83. The molecule has 0 fully saturated rings. The molecule has 0 saturated carbocycles. The van der Waals surface area contributed by atoms with E-state index in [-0.39, 0.29) is 0 Å². The van der Waals surface area contributed by atoms with E-state index in [1.54, 1.807) is 14.2 Å². The van der Waals surface area contributed by atoms with E-state index in [0.717, 1.165) is 19.5 Å². The van der Waals surface area contributed by atoms with Gasteiger partial charge in [0.2, 0.25) is 11.9 Å². The van der Waals surface area contributed by atoms with Crippen LogP contribution in [0.1, 0.15) is 20.3 Å². The molecule has 1 aromatic heterocycles. The van der Waals surface area contributed by atoms with Crippen LogP contribution in [0.2, 0.25) is 0 Å². The number of likely N-dealkylation sites (N-methyl/N-ethyl adjacent to an activating group) is 1. The first-order valence-electron chi connectivity index (χ1n) is 6.55. The minimum absolute atomic E-state index is 0.354. The Morgan fingerprint density at radius 3 is 2.53 bits per heavy atom. The van der Waals surface area contributed by atoms with Gasteiger partial charge in [0, 0.05) is 27.2 Å². The second-order valence-corrected chi connectivity index (χ2v) is 3.91. The van der Waals surface area contributed by atoms with E-state index in [1.807, 2.05) is 18.7 Å². The van der Waals surface area contributed by atoms with Crippen molar-refractivity contribution in [3.63, 3.8) is 0 Å². The number of ether oxygens (including phenoxy) is 2. The van der Waals surface area contributed by atoms with Crippen molar-refractivity contribution in [3.8, 4) is 6.01 Å². The Bertz CT molecular complexity index is 375. The molecule has 0 unspecified atom stereocenters. The highest BCUT2D eigenvalue weighted by atomic mass is 16.5. The van der Waals surface area contributed by atoms with Gasteiger partial charge in [-0.15, -0.1) is 0 Å². The molecule has 0 aliphatic rings. The molecule has 1 rings (SSSR count). The van der Waals surface area contributed by atoms with Crippen LogP contribution in [0.25, 0.3) is 0 Å². The molecule has 0 aromatic carbocycles. The SMILES string of the molecule is CCCOc1nc(NC)nc(N(CC)CCOC)n1. The lowest BCUT2D eigenvalue weighted by atomic mass is 10.5. The number of nitrogens with one attached hydrogen (secondary N) is 1. The second-order valence-electron chi connectivity index (χ2n) is 3.91. The molecule has 0 aliphatic heterocycles. The average molecular weight is 269 g/mol. The molecule has 1 aromatic rings. The van der Waals surface area contributed by atoms with E-state index in [4.69, 9.17) is 9.47 Å². The molecule has 108 valence electrons. The Balaban J connectivity index is 2.89. The Kier molecular flexibility index (Phi) is 6.88. The number of aromatic nitrogens is 3. The third-order valence-electron chi connectivity index (χ3n) is 2.49. The van der Waals surface area contributed by atoms with Crippen LogP contribution in [0, 0.1) is 0 Å². The van der Waals surface area contributed by atoms with Crippen LogP contribution in [0.5, 0.6) is 6.01 Å². The van der Waals surface area contributed by atoms with E-state index in [2.05, 4.69) is 20.3 Å². The van der Waals surface area contributed by atoms with E-state index in [0.29, 0.717) is 31.1 Å². The number of hydrogen-bond acceptors (Lipinski definition) is 7. The molecule has 1 heterocycles. The molecule has 0 saturated heterocycles. The Morgan fingerprint density at radius 1 is 1.16 bits per heavy atom. The molecule has 0 atom stereocenters. The van der Waals surface area contributed by atoms with Crippen molar-refractivity contribution in [1.29, 1.82) is 0 Å². The summed E-state index contributed by atoms with van der Waals surface area (Å²) in [4.78, 5) is 14.9. The lowest BCUT2D eigenvalue weighted by Crippen LogP contribution is -2.29. The third kappa shape index (κ3) is 4.86. The first-order chi connectivity index (χ1) is 9.24. The first kappa shape index (κ1) is 15.4. The molecule has 19 heavy (non-hydrogen) atoms. The van der Waals surface area contributed by atoms with Crippen LogP contribution in [0.3, 0.4) is 0 Å². The molecular formula is C12H23N5O2. The lowest BCUT2D eigenvalue weighted by molar-refractivity contribution is 0.205. The monoisotopic (exact) mass is 269 g/mol. The minimum atomic E-state index is 0.354. The molecule has 0 aliphatic carbocycles. The standard InChI is InChI=1S/C12H23N5O2/c1-5-8-19-12-15-10(13-3)14-11(16-12)17(6-2)7-9-18-4/h5-9H2,1-4H3,(H,13,14,15,16). The number of anilines is 2. The van der Waals surface area contributed by atoms with Crippen molar-refractivity contribution in [2.75, 3.05) is 50.7 Å². The average Bonchev–Trinajstić information content (AvgIpc) is 2.45. The van der Waals surface area contributed by atoms with Crippen LogP contribution >= 0.6 is 0 Å². The topological polar surface area (TPSA) is 72.4 Å². The molecule has 0 radical (unpaired) electrons. The van der Waals surface area contributed by atoms with Crippen molar-refractivity contribution in [2.45, 2.75) is 20.3 Å². The number of methoxy groups -OCH3 is 1. The van der Waals surface area contributed by atoms with Gasteiger partial charge in [-0.05, 0) is 13.3 Å². The van der Waals surface area contributed by atoms with Gasteiger partial charge in [-0.1, -0.05) is 6.92 Å². The largest absolute Gasteiger partial charge is 0.463 e. The maximum Gasteiger partial charge on any atom is 0.323 e. The number of rotatable bonds is 9. The van der Waals surface area contributed by atoms with Crippen molar-refractivity contribution in [3.05, 3.63) is 0 Å². The van der Waals surface area contributed by atoms with Gasteiger partial charge in [0.1, 0.15) is 0 Å². The van der Waals surface area contributed by atoms with E-state index in [1.165, 1.54) is 0 Å². The highest BCUT2D eigenvalue weighted by Gasteiger charge is 2.12. The zero-order chi connectivity index (χ0) is 14.1. The Hall–Kier alpha value is -1.63. The fourth-order valence-corrected chi connectivity index (χ4v) is 1.46. The van der Waals surface area contributed by atoms with Crippen LogP contribution in [0.15, 0.2) is 0 Å². The summed E-state index contributed by atoms with van der Waals surface area (Å²) in [5.41, 5.74) is 0. The van der Waals surface area contributed by atoms with Crippen LogP contribution < -0.4 is 15.0 Å². The minimum Gasteiger partial charge on any atom is -0.463 e. The van der Waals surface area contributed by atoms with Gasteiger partial charge in [-0.25, -0.2) is 0 Å². The summed E-state index contributed by atoms with van der Waals surface area (Å²) < 4.78 is 10.6. The predicted molar refractivity (Wildman–Crippen MR) is 74.9 cm³/mol. The smallest absolute Gasteiger partial charge is 0.323 e. The fourth-order valence-electron chi connectivity index (χ4n) is 1.46. The summed E-state index contributed by atoms with van der Waals surface area (Å²) in [6, 6.07) is 0.354. The van der Waals surface area contributed by atoms with Crippen LogP contribution in [-0.4, -0.2) is 55.4 Å². The zero-order valence-corrected chi connectivity index (χ0v) is 12.1. The van der Waals surface area contributed by atoms with Gasteiger partial charge in [-0.3, -0.25) is 0 Å². The molecule has 7 heteroatoms. The summed E-state index contributed by atoms with van der Waals surface area (Å²) in [7, 11) is 3.45. The van der Waals surface area contributed by atoms with E-state index >= 15 is 0 Å². The summed E-state index contributed by atoms with van der Waals surface area (Å²) >= 11 is 0. The van der Waals surface area contributed by atoms with Crippen molar-refractivity contribution < 1.29 is 9.47 Å². The maximum atomic E-state index is 5.48. The summed E-state index contributed by atoms with van der Waals surface area (Å²) in [5.74, 6) is 1.11. The van der Waals surface area contributed by atoms with Gasteiger partial charge >= 0.3 is 6.01 Å². The van der Waals surface area contributed by atoms with Gasteiger partial charge in [-0.2, -0.15) is 15.0 Å². The fraction of sp³-hybridized carbons (Fsp3) is 0.750. The van der Waals surface area contributed by atoms with Crippen LogP contribution in [-0.2, 0) is 4.74 Å². The molecular weight excluding hydrogens is 246 g/mol. The van der Waals surface area contributed by atoms with Crippen molar-refractivity contribution >= 4 is 11.9 Å². The zero-order valence-electron chi connectivity index (χ0n) is 12.1. The highest BCUT2D eigenvalue weighted by Crippen LogP contribution is 2.14. The number of hydrogen-bond donors (Lipinski definition) is 1. The van der Waals surface area contributed by atoms with E-state index < -0.39 is 0 Å².